The minimum absolute atomic E-state index is 0.0255. The van der Waals surface area contributed by atoms with Crippen LogP contribution in [0.15, 0.2) is 24.5 Å². The first-order valence-corrected chi connectivity index (χ1v) is 8.65. The molecule has 2 atom stereocenters. The van der Waals surface area contributed by atoms with Gasteiger partial charge in [0.1, 0.15) is 5.82 Å². The summed E-state index contributed by atoms with van der Waals surface area (Å²) in [5.41, 5.74) is 13.0. The van der Waals surface area contributed by atoms with Gasteiger partial charge in [0.15, 0.2) is 11.6 Å². The van der Waals surface area contributed by atoms with E-state index in [0.29, 0.717) is 5.69 Å². The highest BCUT2D eigenvalue weighted by atomic mass is 19.1. The fourth-order valence-corrected chi connectivity index (χ4v) is 3.15. The molecule has 6 N–H and O–H groups in total. The van der Waals surface area contributed by atoms with Crippen molar-refractivity contribution in [2.24, 2.45) is 11.5 Å². The Morgan fingerprint density at radius 3 is 2.69 bits per heavy atom. The molecule has 1 fully saturated rings. The number of amides is 1. The van der Waals surface area contributed by atoms with Gasteiger partial charge in [-0.25, -0.2) is 9.37 Å². The molecule has 1 saturated carbocycles. The van der Waals surface area contributed by atoms with Crippen molar-refractivity contribution in [1.29, 1.82) is 0 Å². The first-order chi connectivity index (χ1) is 12.4. The number of carbonyl (C=O) groups is 1. The highest BCUT2D eigenvalue weighted by Gasteiger charge is 2.24. The molecule has 0 bridgehead atoms. The second-order valence-corrected chi connectivity index (χ2v) is 6.65. The van der Waals surface area contributed by atoms with Crippen LogP contribution in [0.25, 0.3) is 0 Å². The van der Waals surface area contributed by atoms with Crippen LogP contribution in [0.4, 0.5) is 21.7 Å². The van der Waals surface area contributed by atoms with Crippen LogP contribution in [0.3, 0.4) is 0 Å². The Bertz CT molecular complexity index is 812. The molecule has 3 rings (SSSR count). The zero-order valence-electron chi connectivity index (χ0n) is 14.6. The van der Waals surface area contributed by atoms with Gasteiger partial charge in [-0.15, -0.1) is 0 Å². The van der Waals surface area contributed by atoms with Gasteiger partial charge in [-0.2, -0.15) is 0 Å². The molecule has 0 spiro atoms. The number of nitrogens with two attached hydrogens (primary N) is 2. The molecular formula is C18H23FN6O. The van der Waals surface area contributed by atoms with Crippen molar-refractivity contribution >= 4 is 23.2 Å². The fraction of sp³-hybridized carbons (Fsp3) is 0.389. The summed E-state index contributed by atoms with van der Waals surface area (Å²) in [6.45, 7) is 1.89. The maximum Gasteiger partial charge on any atom is 0.252 e. The van der Waals surface area contributed by atoms with Crippen molar-refractivity contribution in [1.82, 2.24) is 9.97 Å². The average molecular weight is 358 g/mol. The summed E-state index contributed by atoms with van der Waals surface area (Å²) < 4.78 is 14.5. The number of hydrogen-bond acceptors (Lipinski definition) is 6. The lowest BCUT2D eigenvalue weighted by molar-refractivity contribution is 0.100. The van der Waals surface area contributed by atoms with Crippen LogP contribution in [-0.4, -0.2) is 28.0 Å². The Kier molecular flexibility index (Phi) is 5.32. The molecule has 1 unspecified atom stereocenters. The van der Waals surface area contributed by atoms with Crippen LogP contribution in [0.5, 0.6) is 0 Å². The monoisotopic (exact) mass is 358 g/mol. The third kappa shape index (κ3) is 4.08. The van der Waals surface area contributed by atoms with Crippen molar-refractivity contribution in [3.05, 3.63) is 41.5 Å². The third-order valence-electron chi connectivity index (χ3n) is 4.52. The number of carbonyl (C=O) groups excluding carboxylic acids is 1. The lowest BCUT2D eigenvalue weighted by Gasteiger charge is -2.30. The molecule has 2 aromatic rings. The number of aromatic nitrogens is 2. The highest BCUT2D eigenvalue weighted by molar-refractivity contribution is 5.98. The Morgan fingerprint density at radius 1 is 1.23 bits per heavy atom. The molecule has 0 aromatic carbocycles. The molecule has 26 heavy (non-hydrogen) atoms. The van der Waals surface area contributed by atoms with E-state index in [1.807, 2.05) is 13.0 Å². The Labute approximate surface area is 151 Å². The Morgan fingerprint density at radius 2 is 2.00 bits per heavy atom. The van der Waals surface area contributed by atoms with Crippen LogP contribution in [0.2, 0.25) is 0 Å². The summed E-state index contributed by atoms with van der Waals surface area (Å²) in [5, 5.41) is 6.08. The first-order valence-electron chi connectivity index (χ1n) is 8.65. The summed E-state index contributed by atoms with van der Waals surface area (Å²) in [5.74, 6) is -1.16. The number of nitrogens with one attached hydrogen (secondary N) is 2. The lowest BCUT2D eigenvalue weighted by Crippen LogP contribution is -2.43. The number of anilines is 3. The van der Waals surface area contributed by atoms with E-state index in [4.69, 9.17) is 11.5 Å². The van der Waals surface area contributed by atoms with Crippen LogP contribution in [0, 0.1) is 12.7 Å². The van der Waals surface area contributed by atoms with Crippen LogP contribution < -0.4 is 22.1 Å². The number of rotatable bonds is 5. The molecule has 1 aliphatic rings. The van der Waals surface area contributed by atoms with Gasteiger partial charge in [-0.05, 0) is 37.5 Å². The van der Waals surface area contributed by atoms with Gasteiger partial charge >= 0.3 is 0 Å². The summed E-state index contributed by atoms with van der Waals surface area (Å²) in [4.78, 5) is 20.1. The average Bonchev–Trinajstić information content (AvgIpc) is 2.59. The number of primary amides is 1. The largest absolute Gasteiger partial charge is 0.365 e. The van der Waals surface area contributed by atoms with Crippen LogP contribution in [0.1, 0.15) is 41.6 Å². The normalized spacial score (nSPS) is 19.8. The van der Waals surface area contributed by atoms with Gasteiger partial charge in [0.05, 0.1) is 17.4 Å². The molecule has 0 saturated heterocycles. The summed E-state index contributed by atoms with van der Waals surface area (Å²) >= 11 is 0. The zero-order chi connectivity index (χ0) is 18.7. The van der Waals surface area contributed by atoms with Gasteiger partial charge < -0.3 is 22.1 Å². The molecule has 7 nitrogen and oxygen atoms in total. The predicted molar refractivity (Wildman–Crippen MR) is 98.8 cm³/mol. The van der Waals surface area contributed by atoms with E-state index in [2.05, 4.69) is 20.6 Å². The molecular weight excluding hydrogens is 335 g/mol. The molecule has 8 heteroatoms. The molecule has 2 heterocycles. The van der Waals surface area contributed by atoms with Crippen molar-refractivity contribution in [2.75, 3.05) is 10.6 Å². The quantitative estimate of drug-likeness (QED) is 0.652. The smallest absolute Gasteiger partial charge is 0.252 e. The number of hydrogen-bond donors (Lipinski definition) is 4. The van der Waals surface area contributed by atoms with E-state index < -0.39 is 11.7 Å². The SMILES string of the molecule is Cc1cncc(Nc2nc(N[C@@H]3CCCCC3N)c(F)cc2C(N)=O)c1. The van der Waals surface area contributed by atoms with Crippen molar-refractivity contribution in [3.63, 3.8) is 0 Å². The molecule has 1 amide bonds. The van der Waals surface area contributed by atoms with Gasteiger partial charge in [0.2, 0.25) is 0 Å². The number of nitrogens with zero attached hydrogens (tertiary/aromatic N) is 2. The molecule has 0 radical (unpaired) electrons. The summed E-state index contributed by atoms with van der Waals surface area (Å²) in [6, 6.07) is 2.82. The van der Waals surface area contributed by atoms with Crippen molar-refractivity contribution < 1.29 is 9.18 Å². The predicted octanol–water partition coefficient (Wildman–Crippen LogP) is 2.45. The van der Waals surface area contributed by atoms with Gasteiger partial charge in [-0.3, -0.25) is 9.78 Å². The minimum atomic E-state index is -0.763. The molecule has 138 valence electrons. The van der Waals surface area contributed by atoms with Gasteiger partial charge in [0.25, 0.3) is 5.91 Å². The van der Waals surface area contributed by atoms with E-state index in [-0.39, 0.29) is 29.3 Å². The Balaban J connectivity index is 1.92. The topological polar surface area (TPSA) is 119 Å². The van der Waals surface area contributed by atoms with Crippen molar-refractivity contribution in [3.8, 4) is 0 Å². The second kappa shape index (κ2) is 7.65. The van der Waals surface area contributed by atoms with Gasteiger partial charge in [-0.1, -0.05) is 12.8 Å². The lowest BCUT2D eigenvalue weighted by atomic mass is 9.91. The van der Waals surface area contributed by atoms with E-state index in [1.54, 1.807) is 12.4 Å². The fourth-order valence-electron chi connectivity index (χ4n) is 3.15. The third-order valence-corrected chi connectivity index (χ3v) is 4.52. The molecule has 1 aliphatic carbocycles. The van der Waals surface area contributed by atoms with E-state index >= 15 is 0 Å². The first kappa shape index (κ1) is 18.1. The van der Waals surface area contributed by atoms with Gasteiger partial charge in [0, 0.05) is 18.3 Å². The Hall–Kier alpha value is -2.74. The van der Waals surface area contributed by atoms with E-state index in [1.165, 1.54) is 0 Å². The number of halogens is 1. The van der Waals surface area contributed by atoms with E-state index in [0.717, 1.165) is 37.3 Å². The maximum absolute atomic E-state index is 14.5. The minimum Gasteiger partial charge on any atom is -0.365 e. The van der Waals surface area contributed by atoms with E-state index in [9.17, 15) is 9.18 Å². The number of pyridine rings is 2. The van der Waals surface area contributed by atoms with Crippen molar-refractivity contribution in [2.45, 2.75) is 44.7 Å². The molecule has 0 aliphatic heterocycles. The summed E-state index contributed by atoms with van der Waals surface area (Å²) in [7, 11) is 0. The summed E-state index contributed by atoms with van der Waals surface area (Å²) in [6.07, 6.45) is 7.14. The zero-order valence-corrected chi connectivity index (χ0v) is 14.6. The highest BCUT2D eigenvalue weighted by Crippen LogP contribution is 2.26. The standard InChI is InChI=1S/C18H23FN6O/c1-10-6-11(9-22-8-10)23-17-12(16(21)26)7-13(19)18(25-17)24-15-5-3-2-4-14(15)20/h6-9,14-15H,2-5,20H2,1H3,(H2,21,26)(H2,23,24,25)/t14?,15-/m1/s1. The number of aryl methyl sites for hydroxylation is 1. The van der Waals surface area contributed by atoms with Crippen LogP contribution >= 0.6 is 0 Å². The maximum atomic E-state index is 14.5. The molecule has 2 aromatic heterocycles. The van der Waals surface area contributed by atoms with Crippen LogP contribution in [-0.2, 0) is 0 Å². The second-order valence-electron chi connectivity index (χ2n) is 6.65.